The van der Waals surface area contributed by atoms with Crippen molar-refractivity contribution in [2.24, 2.45) is 0 Å². The molecular formula is C18H23NO3. The summed E-state index contributed by atoms with van der Waals surface area (Å²) in [5.74, 6) is 1.16. The third kappa shape index (κ3) is 3.03. The van der Waals surface area contributed by atoms with Crippen molar-refractivity contribution in [1.82, 2.24) is 4.90 Å². The molecule has 1 atom stereocenters. The molecular weight excluding hydrogens is 278 g/mol. The molecule has 0 aromatic heterocycles. The molecule has 0 spiro atoms. The molecule has 0 bridgehead atoms. The van der Waals surface area contributed by atoms with Crippen LogP contribution in [0.15, 0.2) is 30.3 Å². The van der Waals surface area contributed by atoms with Gasteiger partial charge < -0.3 is 14.6 Å². The third-order valence-corrected chi connectivity index (χ3v) is 4.38. The number of methoxy groups -OCH3 is 1. The number of hydrogen-bond donors (Lipinski definition) is 1. The average Bonchev–Trinajstić information content (AvgIpc) is 2.57. The lowest BCUT2D eigenvalue weighted by atomic mass is 10.0. The lowest BCUT2D eigenvalue weighted by Gasteiger charge is -2.32. The van der Waals surface area contributed by atoms with Crippen LogP contribution in [0.5, 0.6) is 11.5 Å². The summed E-state index contributed by atoms with van der Waals surface area (Å²) in [5.41, 5.74) is 0.966. The van der Waals surface area contributed by atoms with Crippen molar-refractivity contribution in [2.45, 2.75) is 26.0 Å². The summed E-state index contributed by atoms with van der Waals surface area (Å²) in [6.07, 6.45) is 1.31. The van der Waals surface area contributed by atoms with E-state index in [0.717, 1.165) is 54.7 Å². The van der Waals surface area contributed by atoms with Gasteiger partial charge in [-0.25, -0.2) is 0 Å². The number of rotatable bonds is 4. The van der Waals surface area contributed by atoms with E-state index >= 15 is 0 Å². The van der Waals surface area contributed by atoms with Crippen LogP contribution in [0, 0.1) is 0 Å². The van der Waals surface area contributed by atoms with Crippen LogP contribution in [0.4, 0.5) is 0 Å². The molecule has 1 aliphatic rings. The van der Waals surface area contributed by atoms with Crippen molar-refractivity contribution in [1.29, 1.82) is 0 Å². The minimum absolute atomic E-state index is 0.292. The Labute approximate surface area is 131 Å². The van der Waals surface area contributed by atoms with Crippen molar-refractivity contribution in [3.05, 3.63) is 35.9 Å². The summed E-state index contributed by atoms with van der Waals surface area (Å²) in [7, 11) is 1.66. The van der Waals surface area contributed by atoms with Crippen LogP contribution in [0.3, 0.4) is 0 Å². The zero-order valence-corrected chi connectivity index (χ0v) is 13.2. The van der Waals surface area contributed by atoms with Crippen LogP contribution in [-0.4, -0.2) is 42.9 Å². The number of phenolic OH excluding ortho intramolecular Hbond substituents is 1. The fraction of sp³-hybridized carbons (Fsp3) is 0.444. The van der Waals surface area contributed by atoms with Crippen molar-refractivity contribution in [3.8, 4) is 11.5 Å². The lowest BCUT2D eigenvalue weighted by Crippen LogP contribution is -2.41. The highest BCUT2D eigenvalue weighted by molar-refractivity contribution is 5.88. The number of hydrogen-bond acceptors (Lipinski definition) is 4. The van der Waals surface area contributed by atoms with E-state index in [9.17, 15) is 5.11 Å². The van der Waals surface area contributed by atoms with Crippen molar-refractivity contribution in [3.63, 3.8) is 0 Å². The first-order valence-corrected chi connectivity index (χ1v) is 7.83. The molecule has 118 valence electrons. The van der Waals surface area contributed by atoms with E-state index in [-0.39, 0.29) is 0 Å². The zero-order chi connectivity index (χ0) is 15.5. The van der Waals surface area contributed by atoms with Gasteiger partial charge in [-0.15, -0.1) is 0 Å². The fourth-order valence-corrected chi connectivity index (χ4v) is 3.04. The van der Waals surface area contributed by atoms with E-state index in [1.165, 1.54) is 0 Å². The minimum atomic E-state index is 0.292. The molecule has 0 unspecified atom stereocenters. The Morgan fingerprint density at radius 2 is 2.14 bits per heavy atom. The number of fused-ring (bicyclic) bond motifs is 1. The van der Waals surface area contributed by atoms with Crippen molar-refractivity contribution < 1.29 is 14.6 Å². The minimum Gasteiger partial charge on any atom is -0.508 e. The molecule has 1 N–H and O–H groups in total. The zero-order valence-electron chi connectivity index (χ0n) is 13.2. The van der Waals surface area contributed by atoms with Gasteiger partial charge >= 0.3 is 0 Å². The lowest BCUT2D eigenvalue weighted by molar-refractivity contribution is -0.0325. The van der Waals surface area contributed by atoms with Gasteiger partial charge in [-0.2, -0.15) is 0 Å². The monoisotopic (exact) mass is 301 g/mol. The first kappa shape index (κ1) is 15.1. The van der Waals surface area contributed by atoms with Crippen LogP contribution in [0.2, 0.25) is 0 Å². The SMILES string of the molecule is CC[C@@H]1CN(Cc2c(O)ccc3ccc(OC)cc23)CCO1. The molecule has 0 aliphatic carbocycles. The topological polar surface area (TPSA) is 41.9 Å². The first-order chi connectivity index (χ1) is 10.7. The summed E-state index contributed by atoms with van der Waals surface area (Å²) in [6, 6.07) is 9.71. The summed E-state index contributed by atoms with van der Waals surface area (Å²) >= 11 is 0. The van der Waals surface area contributed by atoms with Gasteiger partial charge in [0.05, 0.1) is 19.8 Å². The van der Waals surface area contributed by atoms with Gasteiger partial charge in [0.25, 0.3) is 0 Å². The number of phenols is 1. The van der Waals surface area contributed by atoms with E-state index in [1.807, 2.05) is 24.3 Å². The third-order valence-electron chi connectivity index (χ3n) is 4.38. The summed E-state index contributed by atoms with van der Waals surface area (Å²) in [6.45, 7) is 5.45. The van der Waals surface area contributed by atoms with Gasteiger partial charge in [0.15, 0.2) is 0 Å². The molecule has 1 heterocycles. The number of ether oxygens (including phenoxy) is 2. The molecule has 1 saturated heterocycles. The van der Waals surface area contributed by atoms with E-state index in [4.69, 9.17) is 9.47 Å². The maximum Gasteiger partial charge on any atom is 0.120 e. The largest absolute Gasteiger partial charge is 0.508 e. The molecule has 0 saturated carbocycles. The fourth-order valence-electron chi connectivity index (χ4n) is 3.04. The molecule has 0 radical (unpaired) electrons. The van der Waals surface area contributed by atoms with E-state index < -0.39 is 0 Å². The van der Waals surface area contributed by atoms with Crippen LogP contribution in [0.25, 0.3) is 10.8 Å². The van der Waals surface area contributed by atoms with Crippen LogP contribution < -0.4 is 4.74 Å². The normalized spacial score (nSPS) is 19.5. The van der Waals surface area contributed by atoms with Crippen molar-refractivity contribution in [2.75, 3.05) is 26.8 Å². The predicted molar refractivity (Wildman–Crippen MR) is 87.5 cm³/mol. The maximum absolute atomic E-state index is 10.3. The standard InChI is InChI=1S/C18H23NO3/c1-3-14-11-19(8-9-22-14)12-17-16-10-15(21-2)6-4-13(16)5-7-18(17)20/h4-7,10,14,20H,3,8-9,11-12H2,1-2H3/t14-/m1/s1. The molecule has 22 heavy (non-hydrogen) atoms. The second-order valence-electron chi connectivity index (χ2n) is 5.79. The van der Waals surface area contributed by atoms with E-state index in [1.54, 1.807) is 13.2 Å². The first-order valence-electron chi connectivity index (χ1n) is 7.83. The molecule has 1 aliphatic heterocycles. The molecule has 2 aromatic rings. The summed E-state index contributed by atoms with van der Waals surface area (Å²) in [4.78, 5) is 2.35. The summed E-state index contributed by atoms with van der Waals surface area (Å²) in [5, 5.41) is 12.5. The molecule has 2 aromatic carbocycles. The Morgan fingerprint density at radius 3 is 2.91 bits per heavy atom. The average molecular weight is 301 g/mol. The van der Waals surface area contributed by atoms with Crippen molar-refractivity contribution >= 4 is 10.8 Å². The van der Waals surface area contributed by atoms with Gasteiger partial charge in [-0.3, -0.25) is 4.90 Å². The Bertz CT molecular complexity index is 656. The second-order valence-corrected chi connectivity index (χ2v) is 5.79. The highest BCUT2D eigenvalue weighted by Gasteiger charge is 2.20. The highest BCUT2D eigenvalue weighted by Crippen LogP contribution is 2.31. The molecule has 1 fully saturated rings. The number of nitrogens with zero attached hydrogens (tertiary/aromatic N) is 1. The Hall–Kier alpha value is -1.78. The van der Waals surface area contributed by atoms with E-state index in [2.05, 4.69) is 11.8 Å². The quantitative estimate of drug-likeness (QED) is 0.942. The number of benzene rings is 2. The second kappa shape index (κ2) is 6.55. The van der Waals surface area contributed by atoms with Gasteiger partial charge in [0, 0.05) is 25.2 Å². The molecule has 4 heteroatoms. The van der Waals surface area contributed by atoms with Gasteiger partial charge in [-0.05, 0) is 35.4 Å². The van der Waals surface area contributed by atoms with Crippen LogP contribution >= 0.6 is 0 Å². The van der Waals surface area contributed by atoms with Crippen LogP contribution in [-0.2, 0) is 11.3 Å². The molecule has 3 rings (SSSR count). The number of aromatic hydroxyl groups is 1. The highest BCUT2D eigenvalue weighted by atomic mass is 16.5. The van der Waals surface area contributed by atoms with Gasteiger partial charge in [-0.1, -0.05) is 19.1 Å². The Kier molecular flexibility index (Phi) is 4.50. The Balaban J connectivity index is 1.93. The number of morpholine rings is 1. The predicted octanol–water partition coefficient (Wildman–Crippen LogP) is 3.16. The smallest absolute Gasteiger partial charge is 0.120 e. The van der Waals surface area contributed by atoms with Crippen LogP contribution in [0.1, 0.15) is 18.9 Å². The molecule has 4 nitrogen and oxygen atoms in total. The van der Waals surface area contributed by atoms with Gasteiger partial charge in [0.1, 0.15) is 11.5 Å². The summed E-state index contributed by atoms with van der Waals surface area (Å²) < 4.78 is 11.1. The molecule has 0 amide bonds. The van der Waals surface area contributed by atoms with E-state index in [0.29, 0.717) is 11.9 Å². The maximum atomic E-state index is 10.3. The van der Waals surface area contributed by atoms with Gasteiger partial charge in [0.2, 0.25) is 0 Å². The Morgan fingerprint density at radius 1 is 1.32 bits per heavy atom.